The number of nitrogens with one attached hydrogen (secondary N) is 2. The molecule has 0 amide bonds. The van der Waals surface area contributed by atoms with Crippen molar-refractivity contribution in [2.75, 3.05) is 18.4 Å². The normalized spacial score (nSPS) is 19.4. The molecule has 2 N–H and O–H groups in total. The van der Waals surface area contributed by atoms with Gasteiger partial charge in [-0.25, -0.2) is 14.4 Å². The van der Waals surface area contributed by atoms with Gasteiger partial charge in [0.25, 0.3) is 0 Å². The fraction of sp³-hybridized carbons (Fsp3) is 0.278. The Balaban J connectivity index is 0.00000225. The van der Waals surface area contributed by atoms with Crippen molar-refractivity contribution in [1.29, 1.82) is 0 Å². The van der Waals surface area contributed by atoms with E-state index < -0.39 is 24.0 Å². The van der Waals surface area contributed by atoms with Crippen molar-refractivity contribution in [1.82, 2.24) is 20.3 Å². The number of nitrogens with zero attached hydrogens (tertiary/aromatic N) is 3. The van der Waals surface area contributed by atoms with Crippen molar-refractivity contribution in [3.05, 3.63) is 48.4 Å². The highest BCUT2D eigenvalue weighted by atomic mass is 35.5. The molecule has 1 aliphatic rings. The molecule has 3 aromatic rings. The van der Waals surface area contributed by atoms with Gasteiger partial charge in [0.15, 0.2) is 5.82 Å². The van der Waals surface area contributed by atoms with Crippen molar-refractivity contribution in [2.24, 2.45) is 0 Å². The summed E-state index contributed by atoms with van der Waals surface area (Å²) in [7, 11) is 0. The Bertz CT molecular complexity index is 964. The Kier molecular flexibility index (Phi) is 5.66. The van der Waals surface area contributed by atoms with Crippen LogP contribution in [0.2, 0.25) is 0 Å². The minimum atomic E-state index is -4.40. The second-order valence-electron chi connectivity index (χ2n) is 6.27. The van der Waals surface area contributed by atoms with Crippen LogP contribution >= 0.6 is 12.4 Å². The van der Waals surface area contributed by atoms with Crippen LogP contribution in [0.5, 0.6) is 0 Å². The van der Waals surface area contributed by atoms with Crippen LogP contribution in [0.4, 0.5) is 23.4 Å². The topological polar surface area (TPSA) is 62.7 Å². The van der Waals surface area contributed by atoms with E-state index in [1.807, 2.05) is 0 Å². The first-order valence-corrected chi connectivity index (χ1v) is 8.32. The molecule has 1 saturated heterocycles. The third-order valence-corrected chi connectivity index (χ3v) is 4.49. The SMILES string of the molecule is Cl.F[C@H]1CNC[C@H]1Nc1ncc(-c2ccc(C(F)(F)F)cc2)c2nccnc12. The first kappa shape index (κ1) is 20.2. The molecule has 2 aromatic heterocycles. The Morgan fingerprint density at radius 3 is 2.25 bits per heavy atom. The van der Waals surface area contributed by atoms with Crippen LogP contribution in [-0.2, 0) is 6.18 Å². The number of pyridine rings is 1. The van der Waals surface area contributed by atoms with Crippen LogP contribution in [-0.4, -0.2) is 40.3 Å². The summed E-state index contributed by atoms with van der Waals surface area (Å²) >= 11 is 0. The standard InChI is InChI=1S/C18H15F4N5.ClH/c19-13-8-23-9-14(13)27-17-16-15(24-5-6-25-16)12(7-26-17)10-1-3-11(4-2-10)18(20,21)22;/h1-7,13-14,23H,8-9H2,(H,26,27);1H/t13-,14+;/m0./s1. The maximum absolute atomic E-state index is 13.9. The van der Waals surface area contributed by atoms with E-state index in [-0.39, 0.29) is 19.0 Å². The molecule has 2 atom stereocenters. The number of halogens is 5. The molecule has 0 unspecified atom stereocenters. The Hall–Kier alpha value is -2.52. The van der Waals surface area contributed by atoms with E-state index in [9.17, 15) is 17.6 Å². The van der Waals surface area contributed by atoms with Gasteiger partial charge in [-0.3, -0.25) is 4.98 Å². The Morgan fingerprint density at radius 2 is 1.64 bits per heavy atom. The first-order valence-electron chi connectivity index (χ1n) is 8.32. The van der Waals surface area contributed by atoms with Crippen LogP contribution in [0.1, 0.15) is 5.56 Å². The molecule has 0 radical (unpaired) electrons. The van der Waals surface area contributed by atoms with Gasteiger partial charge in [0.05, 0.1) is 11.6 Å². The van der Waals surface area contributed by atoms with E-state index in [0.717, 1.165) is 12.1 Å². The van der Waals surface area contributed by atoms with Gasteiger partial charge >= 0.3 is 6.18 Å². The van der Waals surface area contributed by atoms with E-state index in [1.54, 1.807) is 0 Å². The monoisotopic (exact) mass is 413 g/mol. The number of rotatable bonds is 3. The number of alkyl halides is 4. The minimum Gasteiger partial charge on any atom is -0.361 e. The molecule has 148 valence electrons. The smallest absolute Gasteiger partial charge is 0.361 e. The van der Waals surface area contributed by atoms with Gasteiger partial charge in [0.2, 0.25) is 0 Å². The van der Waals surface area contributed by atoms with E-state index in [4.69, 9.17) is 0 Å². The molecule has 1 aliphatic heterocycles. The average molecular weight is 414 g/mol. The third kappa shape index (κ3) is 3.85. The second kappa shape index (κ2) is 7.84. The number of benzene rings is 1. The van der Waals surface area contributed by atoms with Crippen molar-refractivity contribution >= 4 is 29.3 Å². The molecule has 4 rings (SSSR count). The quantitative estimate of drug-likeness (QED) is 0.638. The van der Waals surface area contributed by atoms with E-state index in [0.29, 0.717) is 34.5 Å². The van der Waals surface area contributed by atoms with Gasteiger partial charge in [0, 0.05) is 37.2 Å². The number of aromatic nitrogens is 3. The molecule has 5 nitrogen and oxygen atoms in total. The van der Waals surface area contributed by atoms with Crippen molar-refractivity contribution < 1.29 is 17.6 Å². The fourth-order valence-electron chi connectivity index (χ4n) is 3.08. The lowest BCUT2D eigenvalue weighted by atomic mass is 10.0. The Labute approximate surface area is 164 Å². The van der Waals surface area contributed by atoms with Gasteiger partial charge in [0.1, 0.15) is 17.2 Å². The summed E-state index contributed by atoms with van der Waals surface area (Å²) in [5.74, 6) is 0.394. The predicted octanol–water partition coefficient (Wildman–Crippen LogP) is 3.85. The number of hydrogen-bond donors (Lipinski definition) is 2. The highest BCUT2D eigenvalue weighted by Crippen LogP contribution is 2.33. The zero-order valence-corrected chi connectivity index (χ0v) is 15.2. The molecular formula is C18H16ClF4N5. The molecule has 3 heterocycles. The first-order chi connectivity index (χ1) is 12.9. The summed E-state index contributed by atoms with van der Waals surface area (Å²) in [6.45, 7) is 0.732. The molecule has 1 fully saturated rings. The summed E-state index contributed by atoms with van der Waals surface area (Å²) in [5, 5.41) is 5.99. The van der Waals surface area contributed by atoms with Crippen LogP contribution < -0.4 is 10.6 Å². The molecule has 10 heteroatoms. The highest BCUT2D eigenvalue weighted by Gasteiger charge is 2.30. The average Bonchev–Trinajstić information content (AvgIpc) is 3.06. The molecule has 0 saturated carbocycles. The van der Waals surface area contributed by atoms with Gasteiger partial charge in [-0.1, -0.05) is 12.1 Å². The van der Waals surface area contributed by atoms with Crippen molar-refractivity contribution in [3.63, 3.8) is 0 Å². The summed E-state index contributed by atoms with van der Waals surface area (Å²) in [5.41, 5.74) is 1.29. The summed E-state index contributed by atoms with van der Waals surface area (Å²) in [6.07, 6.45) is -0.948. The minimum absolute atomic E-state index is 0. The highest BCUT2D eigenvalue weighted by molar-refractivity contribution is 5.96. The molecule has 0 bridgehead atoms. The summed E-state index contributed by atoms with van der Waals surface area (Å²) in [6, 6.07) is 4.35. The van der Waals surface area contributed by atoms with Gasteiger partial charge in [-0.2, -0.15) is 13.2 Å². The van der Waals surface area contributed by atoms with E-state index in [2.05, 4.69) is 25.6 Å². The van der Waals surface area contributed by atoms with Gasteiger partial charge in [-0.05, 0) is 17.7 Å². The van der Waals surface area contributed by atoms with Crippen LogP contribution in [0.15, 0.2) is 42.9 Å². The van der Waals surface area contributed by atoms with Crippen LogP contribution in [0, 0.1) is 0 Å². The maximum Gasteiger partial charge on any atom is 0.416 e. The van der Waals surface area contributed by atoms with Gasteiger partial charge < -0.3 is 10.6 Å². The molecule has 1 aromatic carbocycles. The van der Waals surface area contributed by atoms with E-state index >= 15 is 0 Å². The number of hydrogen-bond acceptors (Lipinski definition) is 5. The number of anilines is 1. The predicted molar refractivity (Wildman–Crippen MR) is 100 cm³/mol. The summed E-state index contributed by atoms with van der Waals surface area (Å²) < 4.78 is 52.2. The zero-order chi connectivity index (χ0) is 19.0. The van der Waals surface area contributed by atoms with Gasteiger partial charge in [-0.15, -0.1) is 12.4 Å². The maximum atomic E-state index is 13.9. The molecular weight excluding hydrogens is 398 g/mol. The third-order valence-electron chi connectivity index (χ3n) is 4.49. The van der Waals surface area contributed by atoms with Crippen molar-refractivity contribution in [3.8, 4) is 11.1 Å². The lowest BCUT2D eigenvalue weighted by Crippen LogP contribution is -2.29. The van der Waals surface area contributed by atoms with Crippen LogP contribution in [0.3, 0.4) is 0 Å². The fourth-order valence-corrected chi connectivity index (χ4v) is 3.08. The summed E-state index contributed by atoms with van der Waals surface area (Å²) in [4.78, 5) is 12.9. The van der Waals surface area contributed by atoms with Crippen LogP contribution in [0.25, 0.3) is 22.2 Å². The molecule has 0 spiro atoms. The second-order valence-corrected chi connectivity index (χ2v) is 6.27. The molecule has 28 heavy (non-hydrogen) atoms. The Morgan fingerprint density at radius 1 is 0.964 bits per heavy atom. The zero-order valence-electron chi connectivity index (χ0n) is 14.4. The van der Waals surface area contributed by atoms with Crippen molar-refractivity contribution in [2.45, 2.75) is 18.4 Å². The number of fused-ring (bicyclic) bond motifs is 1. The lowest BCUT2D eigenvalue weighted by Gasteiger charge is -2.16. The van der Waals surface area contributed by atoms with E-state index in [1.165, 1.54) is 30.7 Å². The lowest BCUT2D eigenvalue weighted by molar-refractivity contribution is -0.137. The largest absolute Gasteiger partial charge is 0.416 e. The molecule has 0 aliphatic carbocycles.